The number of nitrogens with zero attached hydrogens (tertiary/aromatic N) is 3. The van der Waals surface area contributed by atoms with Gasteiger partial charge in [0.25, 0.3) is 0 Å². The van der Waals surface area contributed by atoms with Crippen LogP contribution in [0.4, 0.5) is 0 Å². The number of nitrogens with two attached hydrogens (primary N) is 2. The van der Waals surface area contributed by atoms with Gasteiger partial charge in [-0.2, -0.15) is 0 Å². The highest BCUT2D eigenvalue weighted by Crippen LogP contribution is 2.69. The zero-order valence-electron chi connectivity index (χ0n) is 19.8. The number of thiocarbonyl (C=S) groups is 1. The van der Waals surface area contributed by atoms with Gasteiger partial charge in [0.2, 0.25) is 5.75 Å². The molecule has 0 aliphatic carbocycles. The molecule has 1 aromatic carbocycles. The highest BCUT2D eigenvalue weighted by atomic mass is 35.5. The predicted octanol–water partition coefficient (Wildman–Crippen LogP) is 3.28. The van der Waals surface area contributed by atoms with Crippen LogP contribution in [0.15, 0.2) is 0 Å². The van der Waals surface area contributed by atoms with Gasteiger partial charge in [0.15, 0.2) is 10.9 Å². The van der Waals surface area contributed by atoms with Crippen LogP contribution in [0.1, 0.15) is 41.5 Å². The third-order valence-electron chi connectivity index (χ3n) is 4.71. The molecule has 0 aliphatic heterocycles. The summed E-state index contributed by atoms with van der Waals surface area (Å²) < 4.78 is 13.7. The van der Waals surface area contributed by atoms with Crippen molar-refractivity contribution in [3.8, 4) is 11.5 Å². The summed E-state index contributed by atoms with van der Waals surface area (Å²) in [7, 11) is -2.52. The van der Waals surface area contributed by atoms with Gasteiger partial charge in [-0.15, -0.1) is 14.0 Å². The van der Waals surface area contributed by atoms with Crippen molar-refractivity contribution in [2.24, 2.45) is 11.5 Å². The SMILES string of the molecule is CCN(CC)[P+](Oc1c(Cl)c(Cl)c(O)c(Cl)c1Cl)(N(CC)CC)N(CC)CC.NC(N)=S.[Cl-]. The number of halogens is 5. The van der Waals surface area contributed by atoms with Gasteiger partial charge < -0.3 is 29.0 Å². The molecule has 5 N–H and O–H groups in total. The van der Waals surface area contributed by atoms with Crippen LogP contribution in [0.3, 0.4) is 0 Å². The van der Waals surface area contributed by atoms with E-state index in [9.17, 15) is 5.11 Å². The molecule has 0 aliphatic rings. The maximum Gasteiger partial charge on any atom is 0.417 e. The summed E-state index contributed by atoms with van der Waals surface area (Å²) in [5.74, 6) is -0.140. The number of benzene rings is 1. The standard InChI is InChI=1S/C18H30Cl4N3O2P.CH4N2S.ClH/c1-7-23(8-2)28(24(9-3)10-4,25(11-5)12-6)27-18-15(21)13(19)17(26)14(20)16(18)22;2-1(3)4;/h7-12H2,1-6H3;(H4,2,3,4);1H. The lowest BCUT2D eigenvalue weighted by Gasteiger charge is -2.43. The second-order valence-corrected chi connectivity index (χ2v) is 11.2. The Labute approximate surface area is 230 Å². The van der Waals surface area contributed by atoms with Crippen LogP contribution in [0.2, 0.25) is 20.1 Å². The van der Waals surface area contributed by atoms with E-state index in [1.54, 1.807) is 0 Å². The smallest absolute Gasteiger partial charge is 0.417 e. The van der Waals surface area contributed by atoms with Crippen LogP contribution in [0, 0.1) is 0 Å². The first-order valence-electron chi connectivity index (χ1n) is 10.4. The van der Waals surface area contributed by atoms with Crippen LogP contribution in [0.5, 0.6) is 11.5 Å². The molecule has 0 atom stereocenters. The Morgan fingerprint density at radius 2 is 1.00 bits per heavy atom. The molecule has 0 heterocycles. The molecule has 0 saturated carbocycles. The number of rotatable bonds is 11. The van der Waals surface area contributed by atoms with Crippen LogP contribution >= 0.6 is 66.6 Å². The molecular formula is C19H35Cl5N5O2PS. The van der Waals surface area contributed by atoms with E-state index in [1.165, 1.54) is 0 Å². The maximum absolute atomic E-state index is 10.1. The molecule has 0 amide bonds. The fourth-order valence-electron chi connectivity index (χ4n) is 3.29. The topological polar surface area (TPSA) is 91.2 Å². The molecular weight excluding hydrogens is 571 g/mol. The van der Waals surface area contributed by atoms with Gasteiger partial charge in [-0.05, 0) is 53.8 Å². The van der Waals surface area contributed by atoms with Crippen molar-refractivity contribution in [3.05, 3.63) is 20.1 Å². The van der Waals surface area contributed by atoms with Gasteiger partial charge in [0.1, 0.15) is 20.1 Å². The van der Waals surface area contributed by atoms with E-state index >= 15 is 0 Å². The molecule has 1 aromatic rings. The van der Waals surface area contributed by atoms with Crippen molar-refractivity contribution in [1.82, 2.24) is 14.0 Å². The average Bonchev–Trinajstić information content (AvgIpc) is 2.75. The van der Waals surface area contributed by atoms with E-state index in [1.807, 2.05) is 0 Å². The zero-order valence-corrected chi connectivity index (χ0v) is 25.3. The normalized spacial score (nSPS) is 11.3. The van der Waals surface area contributed by atoms with E-state index in [4.69, 9.17) is 50.9 Å². The molecule has 0 aromatic heterocycles. The third kappa shape index (κ3) is 8.42. The van der Waals surface area contributed by atoms with Crippen molar-refractivity contribution in [3.63, 3.8) is 0 Å². The Bertz CT molecular complexity index is 689. The quantitative estimate of drug-likeness (QED) is 0.201. The number of aromatic hydroxyl groups is 1. The van der Waals surface area contributed by atoms with Gasteiger partial charge in [-0.1, -0.05) is 46.4 Å². The Morgan fingerprint density at radius 3 is 1.21 bits per heavy atom. The molecule has 0 unspecified atom stereocenters. The van der Waals surface area contributed by atoms with Gasteiger partial charge in [0.05, 0.1) is 0 Å². The number of hydrogen-bond donors (Lipinski definition) is 3. The van der Waals surface area contributed by atoms with Crippen LogP contribution < -0.4 is 28.4 Å². The summed E-state index contributed by atoms with van der Waals surface area (Å²) in [4.78, 5) is 0. The highest BCUT2D eigenvalue weighted by molar-refractivity contribution is 7.80. The lowest BCUT2D eigenvalue weighted by atomic mass is 10.3. The Balaban J connectivity index is 0. The summed E-state index contributed by atoms with van der Waals surface area (Å²) in [6.45, 7) is 17.3. The predicted molar refractivity (Wildman–Crippen MR) is 145 cm³/mol. The van der Waals surface area contributed by atoms with Gasteiger partial charge in [-0.25, -0.2) is 0 Å². The minimum Gasteiger partial charge on any atom is -1.00 e. The number of phenolic OH excluding ortho intramolecular Hbond substituents is 1. The third-order valence-corrected chi connectivity index (χ3v) is 10.7. The fraction of sp³-hybridized carbons (Fsp3) is 0.632. The molecule has 0 spiro atoms. The monoisotopic (exact) mass is 603 g/mol. The van der Waals surface area contributed by atoms with Gasteiger partial charge in [0, 0.05) is 39.3 Å². The first kappa shape index (κ1) is 35.4. The van der Waals surface area contributed by atoms with E-state index in [2.05, 4.69) is 79.2 Å². The lowest BCUT2D eigenvalue weighted by molar-refractivity contribution is -0.00000920. The summed E-state index contributed by atoms with van der Waals surface area (Å²) in [5, 5.41) is 10.1. The van der Waals surface area contributed by atoms with Crippen LogP contribution in [-0.4, -0.2) is 63.5 Å². The van der Waals surface area contributed by atoms with E-state index in [0.29, 0.717) is 0 Å². The second kappa shape index (κ2) is 16.9. The lowest BCUT2D eigenvalue weighted by Crippen LogP contribution is -3.00. The largest absolute Gasteiger partial charge is 1.00 e. The van der Waals surface area contributed by atoms with Crippen molar-refractivity contribution < 1.29 is 22.0 Å². The zero-order chi connectivity index (χ0) is 25.2. The molecule has 14 heteroatoms. The van der Waals surface area contributed by atoms with Crippen molar-refractivity contribution in [2.45, 2.75) is 41.5 Å². The minimum atomic E-state index is -2.52. The van der Waals surface area contributed by atoms with Crippen LogP contribution in [-0.2, 0) is 0 Å². The van der Waals surface area contributed by atoms with Crippen molar-refractivity contribution >= 4 is 71.7 Å². The number of phenols is 1. The van der Waals surface area contributed by atoms with Gasteiger partial charge >= 0.3 is 7.94 Å². The first-order chi connectivity index (χ1) is 14.9. The molecule has 0 saturated heterocycles. The van der Waals surface area contributed by atoms with E-state index in [-0.39, 0.29) is 49.1 Å². The Hall–Kier alpha value is 0.270. The molecule has 194 valence electrons. The summed E-state index contributed by atoms with van der Waals surface area (Å²) in [6.07, 6.45) is 0. The average molecular weight is 606 g/mol. The molecule has 1 rings (SSSR count). The Morgan fingerprint density at radius 1 is 0.758 bits per heavy atom. The number of hydrogen-bond acceptors (Lipinski definition) is 6. The Kier molecular flexibility index (Phi) is 18.1. The maximum atomic E-state index is 10.1. The van der Waals surface area contributed by atoms with Crippen LogP contribution in [0.25, 0.3) is 0 Å². The fourth-order valence-corrected chi connectivity index (χ4v) is 8.36. The van der Waals surface area contributed by atoms with Gasteiger partial charge in [-0.3, -0.25) is 4.52 Å². The first-order valence-corrected chi connectivity index (χ1v) is 13.9. The molecule has 33 heavy (non-hydrogen) atoms. The second-order valence-electron chi connectivity index (χ2n) is 6.36. The minimum absolute atomic E-state index is 0. The molecule has 0 radical (unpaired) electrons. The summed E-state index contributed by atoms with van der Waals surface area (Å²) in [5.41, 5.74) is 9.24. The molecule has 0 fully saturated rings. The molecule has 7 nitrogen and oxygen atoms in total. The van der Waals surface area contributed by atoms with E-state index in [0.717, 1.165) is 39.3 Å². The summed E-state index contributed by atoms with van der Waals surface area (Å²) >= 11 is 29.4. The van der Waals surface area contributed by atoms with Crippen molar-refractivity contribution in [1.29, 1.82) is 0 Å². The highest BCUT2D eigenvalue weighted by Gasteiger charge is 2.58. The molecule has 0 bridgehead atoms. The summed E-state index contributed by atoms with van der Waals surface area (Å²) in [6, 6.07) is 0. The van der Waals surface area contributed by atoms with E-state index < -0.39 is 7.94 Å². The van der Waals surface area contributed by atoms with Crippen molar-refractivity contribution in [2.75, 3.05) is 39.3 Å².